The van der Waals surface area contributed by atoms with Gasteiger partial charge in [0, 0.05) is 24.3 Å². The Labute approximate surface area is 211 Å². The summed E-state index contributed by atoms with van der Waals surface area (Å²) in [6.07, 6.45) is -3.60. The first-order chi connectivity index (χ1) is 16.9. The number of amides is 3. The molecule has 0 aliphatic rings. The maximum absolute atomic E-state index is 13.4. The van der Waals surface area contributed by atoms with E-state index in [1.807, 2.05) is 5.48 Å². The number of nitrogens with one attached hydrogen (secondary N) is 3. The molecule has 0 spiro atoms. The number of rotatable bonds is 7. The molecule has 10 nitrogen and oxygen atoms in total. The first kappa shape index (κ1) is 26.9. The van der Waals surface area contributed by atoms with Crippen LogP contribution in [0.15, 0.2) is 36.5 Å². The predicted octanol–water partition coefficient (Wildman–Crippen LogP) is 3.56. The van der Waals surface area contributed by atoms with Crippen molar-refractivity contribution < 1.29 is 32.4 Å². The maximum Gasteiger partial charge on any atom is 0.435 e. The van der Waals surface area contributed by atoms with Crippen molar-refractivity contribution in [2.45, 2.75) is 13.1 Å². The zero-order chi connectivity index (χ0) is 26.6. The van der Waals surface area contributed by atoms with Crippen molar-refractivity contribution >= 4 is 46.6 Å². The summed E-state index contributed by atoms with van der Waals surface area (Å²) in [6.45, 7) is 1.02. The molecule has 3 amide bonds. The molecule has 15 heteroatoms. The van der Waals surface area contributed by atoms with E-state index < -0.39 is 41.9 Å². The highest BCUT2D eigenvalue weighted by atomic mass is 35.5. The van der Waals surface area contributed by atoms with Crippen molar-refractivity contribution in [3.63, 3.8) is 0 Å². The third-order valence-electron chi connectivity index (χ3n) is 4.60. The summed E-state index contributed by atoms with van der Waals surface area (Å²) in [5, 5.41) is 8.24. The van der Waals surface area contributed by atoms with Gasteiger partial charge in [-0.05, 0) is 36.8 Å². The van der Waals surface area contributed by atoms with Crippen molar-refractivity contribution in [2.75, 3.05) is 19.0 Å². The molecule has 2 heterocycles. The molecule has 0 aliphatic heterocycles. The van der Waals surface area contributed by atoms with E-state index in [0.717, 1.165) is 0 Å². The summed E-state index contributed by atoms with van der Waals surface area (Å²) in [5.41, 5.74) is 0.185. The molecule has 36 heavy (non-hydrogen) atoms. The summed E-state index contributed by atoms with van der Waals surface area (Å²) < 4.78 is 40.8. The molecule has 0 fully saturated rings. The van der Waals surface area contributed by atoms with Gasteiger partial charge in [-0.1, -0.05) is 23.2 Å². The van der Waals surface area contributed by atoms with Crippen LogP contribution in [0.3, 0.4) is 0 Å². The largest absolute Gasteiger partial charge is 0.435 e. The van der Waals surface area contributed by atoms with Crippen molar-refractivity contribution in [2.24, 2.45) is 0 Å². The topological polar surface area (TPSA) is 127 Å². The summed E-state index contributed by atoms with van der Waals surface area (Å²) in [6, 6.07) is 5.97. The number of halogens is 5. The Morgan fingerprint density at radius 1 is 1.14 bits per heavy atom. The number of hydrogen-bond donors (Lipinski definition) is 3. The van der Waals surface area contributed by atoms with Crippen LogP contribution in [0.1, 0.15) is 32.1 Å². The highest BCUT2D eigenvalue weighted by molar-refractivity contribution is 6.32. The van der Waals surface area contributed by atoms with Gasteiger partial charge in [0.25, 0.3) is 11.8 Å². The second kappa shape index (κ2) is 10.9. The number of aryl methyl sites for hydroxylation is 1. The highest BCUT2D eigenvalue weighted by Crippen LogP contribution is 2.31. The van der Waals surface area contributed by atoms with Gasteiger partial charge in [0.15, 0.2) is 18.1 Å². The molecule has 3 N–H and O–H groups in total. The molecule has 3 aromatic rings. The van der Waals surface area contributed by atoms with Crippen LogP contribution in [0.5, 0.6) is 0 Å². The van der Waals surface area contributed by atoms with Crippen LogP contribution < -0.4 is 16.1 Å². The van der Waals surface area contributed by atoms with E-state index >= 15 is 0 Å². The number of carbonyl (C=O) groups is 3. The Kier molecular flexibility index (Phi) is 8.17. The van der Waals surface area contributed by atoms with Gasteiger partial charge in [0.1, 0.15) is 5.69 Å². The first-order valence-electron chi connectivity index (χ1n) is 9.94. The van der Waals surface area contributed by atoms with Crippen LogP contribution >= 0.6 is 23.2 Å². The molecule has 190 valence electrons. The van der Waals surface area contributed by atoms with E-state index in [9.17, 15) is 27.6 Å². The van der Waals surface area contributed by atoms with E-state index in [-0.39, 0.29) is 27.1 Å². The van der Waals surface area contributed by atoms with Crippen LogP contribution in [0.25, 0.3) is 5.82 Å². The van der Waals surface area contributed by atoms with Gasteiger partial charge >= 0.3 is 6.18 Å². The van der Waals surface area contributed by atoms with Crippen LogP contribution in [0.2, 0.25) is 10.0 Å². The van der Waals surface area contributed by atoms with Gasteiger partial charge < -0.3 is 10.6 Å². The molecule has 0 bridgehead atoms. The Morgan fingerprint density at radius 3 is 2.50 bits per heavy atom. The minimum Gasteiger partial charge on any atom is -0.357 e. The SMILES string of the molecule is CNC(=O)CONC(=O)c1cc(Cl)cc(C)c1NC(=O)c1cc(C(F)(F)F)nn1-c1ncccc1Cl. The highest BCUT2D eigenvalue weighted by Gasteiger charge is 2.37. The number of alkyl halides is 3. The molecule has 0 saturated heterocycles. The number of aromatic nitrogens is 3. The predicted molar refractivity (Wildman–Crippen MR) is 123 cm³/mol. The van der Waals surface area contributed by atoms with Crippen molar-refractivity contribution in [1.29, 1.82) is 0 Å². The van der Waals surface area contributed by atoms with E-state index in [0.29, 0.717) is 16.3 Å². The monoisotopic (exact) mass is 544 g/mol. The lowest BCUT2D eigenvalue weighted by Crippen LogP contribution is -2.31. The minimum atomic E-state index is -4.87. The number of carbonyl (C=O) groups excluding carboxylic acids is 3. The van der Waals surface area contributed by atoms with Gasteiger partial charge in [-0.2, -0.15) is 18.3 Å². The molecule has 3 rings (SSSR count). The normalized spacial score (nSPS) is 11.2. The van der Waals surface area contributed by atoms with Gasteiger partial charge in [-0.15, -0.1) is 0 Å². The molecule has 0 atom stereocenters. The Bertz CT molecular complexity index is 1330. The van der Waals surface area contributed by atoms with Crippen molar-refractivity contribution in [1.82, 2.24) is 25.6 Å². The number of hydroxylamine groups is 1. The fraction of sp³-hybridized carbons (Fsp3) is 0.190. The molecular weight excluding hydrogens is 528 g/mol. The van der Waals surface area contributed by atoms with Gasteiger partial charge in [0.05, 0.1) is 16.3 Å². The summed E-state index contributed by atoms with van der Waals surface area (Å²) >= 11 is 12.1. The fourth-order valence-electron chi connectivity index (χ4n) is 2.94. The van der Waals surface area contributed by atoms with E-state index in [1.54, 1.807) is 0 Å². The molecule has 0 unspecified atom stereocenters. The fourth-order valence-corrected chi connectivity index (χ4v) is 3.41. The second-order valence-electron chi connectivity index (χ2n) is 7.13. The average molecular weight is 545 g/mol. The van der Waals surface area contributed by atoms with Crippen LogP contribution in [0.4, 0.5) is 18.9 Å². The lowest BCUT2D eigenvalue weighted by Gasteiger charge is -2.15. The van der Waals surface area contributed by atoms with Crippen LogP contribution in [-0.4, -0.2) is 46.1 Å². The Hall–Kier alpha value is -3.68. The van der Waals surface area contributed by atoms with Crippen molar-refractivity contribution in [3.8, 4) is 5.82 Å². The van der Waals surface area contributed by atoms with Crippen molar-refractivity contribution in [3.05, 3.63) is 69.1 Å². The third-order valence-corrected chi connectivity index (χ3v) is 5.12. The summed E-state index contributed by atoms with van der Waals surface area (Å²) in [4.78, 5) is 45.8. The zero-order valence-corrected chi connectivity index (χ0v) is 20.0. The van der Waals surface area contributed by atoms with Gasteiger partial charge in [0.2, 0.25) is 5.91 Å². The Morgan fingerprint density at radius 2 is 1.86 bits per heavy atom. The van der Waals surface area contributed by atoms with Crippen LogP contribution in [0, 0.1) is 6.92 Å². The number of benzene rings is 1. The van der Waals surface area contributed by atoms with E-state index in [2.05, 4.69) is 20.7 Å². The molecular formula is C21H17Cl2F3N6O4. The summed E-state index contributed by atoms with van der Waals surface area (Å²) in [5.74, 6) is -2.66. The zero-order valence-electron chi connectivity index (χ0n) is 18.5. The summed E-state index contributed by atoms with van der Waals surface area (Å²) in [7, 11) is 1.37. The van der Waals surface area contributed by atoms with E-state index in [1.165, 1.54) is 44.4 Å². The number of likely N-dealkylation sites (N-methyl/N-ethyl adjacent to an activating group) is 1. The lowest BCUT2D eigenvalue weighted by atomic mass is 10.1. The maximum atomic E-state index is 13.4. The first-order valence-corrected chi connectivity index (χ1v) is 10.7. The van der Waals surface area contributed by atoms with Gasteiger partial charge in [-0.25, -0.2) is 15.1 Å². The van der Waals surface area contributed by atoms with Crippen LogP contribution in [-0.2, 0) is 15.8 Å². The smallest absolute Gasteiger partial charge is 0.357 e. The molecule has 0 aliphatic carbocycles. The van der Waals surface area contributed by atoms with Gasteiger partial charge in [-0.3, -0.25) is 19.2 Å². The molecule has 2 aromatic heterocycles. The molecule has 0 radical (unpaired) electrons. The lowest BCUT2D eigenvalue weighted by molar-refractivity contribution is -0.141. The quantitative estimate of drug-likeness (QED) is 0.390. The standard InChI is InChI=1S/C21H17Cl2F3N6O4/c1-10-6-11(22)7-12(19(34)31-36-9-16(33)27-2)17(10)29-20(35)14-8-15(21(24,25)26)30-32(14)18-13(23)4-3-5-28-18/h3-8H,9H2,1-2H3,(H,27,33)(H,29,35)(H,31,34). The third kappa shape index (κ3) is 6.11. The number of pyridine rings is 1. The molecule has 0 saturated carbocycles. The minimum absolute atomic E-state index is 0.0561. The number of anilines is 1. The Balaban J connectivity index is 2.00. The van der Waals surface area contributed by atoms with E-state index in [4.69, 9.17) is 28.0 Å². The number of hydrogen-bond acceptors (Lipinski definition) is 6. The molecule has 1 aromatic carbocycles. The second-order valence-corrected chi connectivity index (χ2v) is 7.97. The number of nitrogens with zero attached hydrogens (tertiary/aromatic N) is 3. The average Bonchev–Trinajstić information content (AvgIpc) is 3.26.